The Hall–Kier alpha value is -2.14. The van der Waals surface area contributed by atoms with Gasteiger partial charge in [0.05, 0.1) is 7.11 Å². The van der Waals surface area contributed by atoms with Crippen LogP contribution in [0.4, 0.5) is 5.95 Å². The van der Waals surface area contributed by atoms with E-state index in [9.17, 15) is 0 Å². The third-order valence-corrected chi connectivity index (χ3v) is 5.11. The average Bonchev–Trinajstić information content (AvgIpc) is 2.69. The third kappa shape index (κ3) is 4.73. The molecule has 0 unspecified atom stereocenters. The molecule has 1 aromatic carbocycles. The van der Waals surface area contributed by atoms with Gasteiger partial charge >= 0.3 is 0 Å². The van der Waals surface area contributed by atoms with Crippen LogP contribution >= 0.6 is 0 Å². The first-order valence-electron chi connectivity index (χ1n) is 9.62. The smallest absolute Gasteiger partial charge is 0.225 e. The van der Waals surface area contributed by atoms with Gasteiger partial charge < -0.3 is 15.0 Å². The summed E-state index contributed by atoms with van der Waals surface area (Å²) in [7, 11) is 1.69. The highest BCUT2D eigenvalue weighted by Crippen LogP contribution is 2.21. The van der Waals surface area contributed by atoms with Crippen molar-refractivity contribution < 1.29 is 4.74 Å². The highest BCUT2D eigenvalue weighted by Gasteiger charge is 2.18. The summed E-state index contributed by atoms with van der Waals surface area (Å²) in [5, 5.41) is 3.61. The molecule has 1 aliphatic heterocycles. The second-order valence-corrected chi connectivity index (χ2v) is 7.20. The summed E-state index contributed by atoms with van der Waals surface area (Å²) in [5.74, 6) is 2.48. The van der Waals surface area contributed by atoms with Crippen LogP contribution in [0, 0.1) is 5.92 Å². The maximum atomic E-state index is 5.24. The van der Waals surface area contributed by atoms with E-state index in [1.54, 1.807) is 7.11 Å². The molecular weight excluding hydrogens is 324 g/mol. The molecule has 1 aromatic heterocycles. The number of ether oxygens (including phenoxy) is 1. The minimum Gasteiger partial charge on any atom is -0.497 e. The Morgan fingerprint density at radius 3 is 2.58 bits per heavy atom. The maximum absolute atomic E-state index is 5.24. The van der Waals surface area contributed by atoms with Crippen LogP contribution in [0.5, 0.6) is 5.75 Å². The van der Waals surface area contributed by atoms with Crippen LogP contribution < -0.4 is 15.0 Å². The van der Waals surface area contributed by atoms with Gasteiger partial charge in [-0.2, -0.15) is 0 Å². The van der Waals surface area contributed by atoms with Gasteiger partial charge in [0.25, 0.3) is 0 Å². The molecule has 0 amide bonds. The van der Waals surface area contributed by atoms with Gasteiger partial charge in [-0.25, -0.2) is 9.97 Å². The second kappa shape index (κ2) is 8.99. The molecule has 26 heavy (non-hydrogen) atoms. The monoisotopic (exact) mass is 354 g/mol. The summed E-state index contributed by atoms with van der Waals surface area (Å²) >= 11 is 0. The number of aromatic nitrogens is 2. The summed E-state index contributed by atoms with van der Waals surface area (Å²) in [5.41, 5.74) is 2.39. The third-order valence-electron chi connectivity index (χ3n) is 5.11. The molecule has 0 radical (unpaired) electrons. The van der Waals surface area contributed by atoms with Gasteiger partial charge in [-0.3, -0.25) is 0 Å². The fourth-order valence-electron chi connectivity index (χ4n) is 3.55. The van der Waals surface area contributed by atoms with Crippen LogP contribution in [0.25, 0.3) is 0 Å². The first kappa shape index (κ1) is 18.6. The van der Waals surface area contributed by atoms with E-state index in [1.165, 1.54) is 18.4 Å². The lowest BCUT2D eigenvalue weighted by molar-refractivity contribution is 0.414. The van der Waals surface area contributed by atoms with Crippen LogP contribution in [-0.4, -0.2) is 30.2 Å². The Morgan fingerprint density at radius 2 is 1.96 bits per heavy atom. The van der Waals surface area contributed by atoms with E-state index in [-0.39, 0.29) is 0 Å². The van der Waals surface area contributed by atoms with Crippen LogP contribution in [-0.2, 0) is 6.54 Å². The molecule has 140 valence electrons. The maximum Gasteiger partial charge on any atom is 0.225 e. The number of nitrogens with one attached hydrogen (secondary N) is 1. The quantitative estimate of drug-likeness (QED) is 0.815. The molecule has 0 aliphatic carbocycles. The highest BCUT2D eigenvalue weighted by atomic mass is 16.5. The van der Waals surface area contributed by atoms with Gasteiger partial charge in [0.2, 0.25) is 5.95 Å². The number of piperidine rings is 1. The van der Waals surface area contributed by atoms with Crippen molar-refractivity contribution in [2.24, 2.45) is 5.92 Å². The Morgan fingerprint density at radius 1 is 1.23 bits per heavy atom. The molecule has 2 atom stereocenters. The molecule has 1 aliphatic rings. The van der Waals surface area contributed by atoms with Crippen LogP contribution in [0.1, 0.15) is 50.3 Å². The number of methoxy groups -OCH3 is 1. The summed E-state index contributed by atoms with van der Waals surface area (Å²) in [6.45, 7) is 7.39. The number of hydrogen-bond donors (Lipinski definition) is 1. The van der Waals surface area contributed by atoms with Gasteiger partial charge in [0.1, 0.15) is 5.75 Å². The van der Waals surface area contributed by atoms with Crippen molar-refractivity contribution in [3.63, 3.8) is 0 Å². The average molecular weight is 354 g/mol. The van der Waals surface area contributed by atoms with Crippen molar-refractivity contribution in [1.82, 2.24) is 15.3 Å². The molecule has 1 fully saturated rings. The van der Waals surface area contributed by atoms with Crippen LogP contribution in [0.2, 0.25) is 0 Å². The molecule has 2 heterocycles. The molecule has 5 heteroatoms. The number of rotatable bonds is 7. The zero-order valence-corrected chi connectivity index (χ0v) is 16.1. The molecular formula is C21H30N4O. The molecule has 1 N–H and O–H groups in total. The summed E-state index contributed by atoms with van der Waals surface area (Å²) in [6, 6.07) is 8.58. The summed E-state index contributed by atoms with van der Waals surface area (Å²) < 4.78 is 5.24. The lowest BCUT2D eigenvalue weighted by Gasteiger charge is -2.30. The van der Waals surface area contributed by atoms with Gasteiger partial charge in [-0.15, -0.1) is 0 Å². The normalized spacial score (nSPS) is 18.6. The molecule has 3 rings (SSSR count). The topological polar surface area (TPSA) is 50.3 Å². The molecule has 2 aromatic rings. The van der Waals surface area contributed by atoms with E-state index in [2.05, 4.69) is 46.2 Å². The Balaban J connectivity index is 1.57. The van der Waals surface area contributed by atoms with Crippen LogP contribution in [0.15, 0.2) is 36.7 Å². The molecule has 1 saturated heterocycles. The zero-order chi connectivity index (χ0) is 18.4. The van der Waals surface area contributed by atoms with Gasteiger partial charge in [-0.1, -0.05) is 26.0 Å². The molecule has 0 saturated carbocycles. The largest absolute Gasteiger partial charge is 0.497 e. The zero-order valence-electron chi connectivity index (χ0n) is 16.1. The number of benzene rings is 1. The van der Waals surface area contributed by atoms with Crippen molar-refractivity contribution in [3.8, 4) is 5.75 Å². The fourth-order valence-corrected chi connectivity index (χ4v) is 3.55. The lowest BCUT2D eigenvalue weighted by atomic mass is 10.0. The van der Waals surface area contributed by atoms with Gasteiger partial charge in [-0.05, 0) is 42.9 Å². The van der Waals surface area contributed by atoms with E-state index < -0.39 is 0 Å². The van der Waals surface area contributed by atoms with Crippen molar-refractivity contribution in [2.75, 3.05) is 25.1 Å². The van der Waals surface area contributed by atoms with Gasteiger partial charge in [0, 0.05) is 43.6 Å². The standard InChI is InChI=1S/C21H30N4O/c1-4-20(18-7-9-19(26-3)10-8-18)22-12-17-13-23-21(24-14-17)25-11-5-6-16(2)15-25/h7-10,13-14,16,20,22H,4-6,11-12,15H2,1-3H3/t16-,20-/m0/s1. The molecule has 0 spiro atoms. The van der Waals surface area contributed by atoms with Crippen molar-refractivity contribution in [2.45, 2.75) is 45.7 Å². The first-order chi connectivity index (χ1) is 12.7. The van der Waals surface area contributed by atoms with E-state index in [0.717, 1.165) is 49.2 Å². The Labute approximate surface area is 156 Å². The Bertz CT molecular complexity index is 671. The number of hydrogen-bond acceptors (Lipinski definition) is 5. The predicted molar refractivity (Wildman–Crippen MR) is 106 cm³/mol. The summed E-state index contributed by atoms with van der Waals surface area (Å²) in [4.78, 5) is 11.5. The van der Waals surface area contributed by atoms with E-state index in [1.807, 2.05) is 24.5 Å². The van der Waals surface area contributed by atoms with Crippen LogP contribution in [0.3, 0.4) is 0 Å². The summed E-state index contributed by atoms with van der Waals surface area (Å²) in [6.07, 6.45) is 7.47. The van der Waals surface area contributed by atoms with Crippen molar-refractivity contribution >= 4 is 5.95 Å². The fraction of sp³-hybridized carbons (Fsp3) is 0.524. The number of nitrogens with zero attached hydrogens (tertiary/aromatic N) is 3. The SMILES string of the molecule is CC[C@H](NCc1cnc(N2CCC[C@H](C)C2)nc1)c1ccc(OC)cc1. The number of anilines is 1. The molecule has 5 nitrogen and oxygen atoms in total. The molecule has 0 bridgehead atoms. The lowest BCUT2D eigenvalue weighted by Crippen LogP contribution is -2.35. The van der Waals surface area contributed by atoms with Crippen molar-refractivity contribution in [3.05, 3.63) is 47.8 Å². The predicted octanol–water partition coefficient (Wildman–Crippen LogP) is 3.96. The van der Waals surface area contributed by atoms with Crippen molar-refractivity contribution in [1.29, 1.82) is 0 Å². The van der Waals surface area contributed by atoms with Gasteiger partial charge in [0.15, 0.2) is 0 Å². The van der Waals surface area contributed by atoms with E-state index in [4.69, 9.17) is 4.74 Å². The minimum absolute atomic E-state index is 0.309. The second-order valence-electron chi connectivity index (χ2n) is 7.20. The van der Waals surface area contributed by atoms with E-state index in [0.29, 0.717) is 6.04 Å². The highest BCUT2D eigenvalue weighted by molar-refractivity contribution is 5.31. The minimum atomic E-state index is 0.309. The first-order valence-corrected chi connectivity index (χ1v) is 9.62. The Kier molecular flexibility index (Phi) is 6.45. The van der Waals surface area contributed by atoms with E-state index >= 15 is 0 Å².